The van der Waals surface area contributed by atoms with E-state index in [-0.39, 0.29) is 23.3 Å². The van der Waals surface area contributed by atoms with Gasteiger partial charge in [0.15, 0.2) is 0 Å². The Morgan fingerprint density at radius 3 is 2.45 bits per heavy atom. The zero-order valence-corrected chi connectivity index (χ0v) is 12.5. The van der Waals surface area contributed by atoms with E-state index in [9.17, 15) is 9.59 Å². The maximum absolute atomic E-state index is 12.9. The van der Waals surface area contributed by atoms with E-state index in [4.69, 9.17) is 5.73 Å². The average Bonchev–Trinajstić information content (AvgIpc) is 2.74. The van der Waals surface area contributed by atoms with Crippen molar-refractivity contribution in [2.24, 2.45) is 11.1 Å². The van der Waals surface area contributed by atoms with Gasteiger partial charge in [-0.25, -0.2) is 0 Å². The summed E-state index contributed by atoms with van der Waals surface area (Å²) >= 11 is 0. The van der Waals surface area contributed by atoms with Crippen molar-refractivity contribution < 1.29 is 9.59 Å². The molecule has 20 heavy (non-hydrogen) atoms. The maximum Gasteiger partial charge on any atom is 0.230 e. The molecule has 0 aromatic carbocycles. The molecule has 0 radical (unpaired) electrons. The van der Waals surface area contributed by atoms with E-state index in [0.29, 0.717) is 13.1 Å². The highest BCUT2D eigenvalue weighted by Gasteiger charge is 2.42. The van der Waals surface area contributed by atoms with E-state index in [2.05, 4.69) is 5.32 Å². The van der Waals surface area contributed by atoms with Gasteiger partial charge in [0.2, 0.25) is 11.8 Å². The predicted octanol–water partition coefficient (Wildman–Crippen LogP) is 1.02. The van der Waals surface area contributed by atoms with Gasteiger partial charge in [0.1, 0.15) is 0 Å². The lowest BCUT2D eigenvalue weighted by Crippen LogP contribution is -2.48. The molecule has 1 saturated carbocycles. The van der Waals surface area contributed by atoms with Crippen molar-refractivity contribution in [2.75, 3.05) is 19.6 Å². The number of likely N-dealkylation sites (tertiary alicyclic amines) is 1. The van der Waals surface area contributed by atoms with Crippen LogP contribution < -0.4 is 11.1 Å². The molecule has 1 aliphatic carbocycles. The van der Waals surface area contributed by atoms with Crippen LogP contribution in [0.15, 0.2) is 0 Å². The molecule has 2 rings (SSSR count). The summed E-state index contributed by atoms with van der Waals surface area (Å²) < 4.78 is 0. The normalized spacial score (nSPS) is 26.1. The number of nitrogens with one attached hydrogen (secondary N) is 1. The second kappa shape index (κ2) is 6.57. The monoisotopic (exact) mass is 281 g/mol. The SMILES string of the molecule is CC(=O)NC1CCN(C(=O)C2(CN)CCCCCC2)C1. The minimum atomic E-state index is -0.346. The molecule has 5 nitrogen and oxygen atoms in total. The van der Waals surface area contributed by atoms with Crippen molar-refractivity contribution in [1.29, 1.82) is 0 Å². The van der Waals surface area contributed by atoms with Crippen LogP contribution in [0.1, 0.15) is 51.9 Å². The van der Waals surface area contributed by atoms with Crippen molar-refractivity contribution in [2.45, 2.75) is 57.9 Å². The molecule has 0 aromatic rings. The van der Waals surface area contributed by atoms with E-state index in [1.807, 2.05) is 4.90 Å². The Kier molecular flexibility index (Phi) is 5.02. The van der Waals surface area contributed by atoms with E-state index in [1.54, 1.807) is 0 Å². The molecule has 0 bridgehead atoms. The van der Waals surface area contributed by atoms with Crippen LogP contribution >= 0.6 is 0 Å². The highest BCUT2D eigenvalue weighted by atomic mass is 16.2. The molecule has 0 spiro atoms. The molecule has 2 fully saturated rings. The summed E-state index contributed by atoms with van der Waals surface area (Å²) in [7, 11) is 0. The van der Waals surface area contributed by atoms with Gasteiger partial charge >= 0.3 is 0 Å². The Morgan fingerprint density at radius 2 is 1.90 bits per heavy atom. The third-order valence-electron chi connectivity index (χ3n) is 4.79. The molecular weight excluding hydrogens is 254 g/mol. The second-order valence-electron chi connectivity index (χ2n) is 6.34. The Bertz CT molecular complexity index is 362. The molecule has 2 aliphatic rings. The number of carbonyl (C=O) groups is 2. The van der Waals surface area contributed by atoms with E-state index < -0.39 is 0 Å². The Balaban J connectivity index is 2.00. The topological polar surface area (TPSA) is 75.4 Å². The Labute approximate surface area is 121 Å². The molecule has 1 unspecified atom stereocenters. The maximum atomic E-state index is 12.9. The number of carbonyl (C=O) groups excluding carboxylic acids is 2. The highest BCUT2D eigenvalue weighted by Crippen LogP contribution is 2.36. The molecule has 1 heterocycles. The van der Waals surface area contributed by atoms with Crippen LogP contribution in [0.4, 0.5) is 0 Å². The molecule has 1 aliphatic heterocycles. The van der Waals surface area contributed by atoms with Crippen LogP contribution in [-0.4, -0.2) is 42.4 Å². The summed E-state index contributed by atoms with van der Waals surface area (Å²) in [5.41, 5.74) is 5.63. The summed E-state index contributed by atoms with van der Waals surface area (Å²) in [6, 6.07) is 0.108. The first-order chi connectivity index (χ1) is 9.57. The van der Waals surface area contributed by atoms with Gasteiger partial charge in [0.05, 0.1) is 5.41 Å². The zero-order valence-electron chi connectivity index (χ0n) is 12.5. The van der Waals surface area contributed by atoms with Crippen molar-refractivity contribution in [3.8, 4) is 0 Å². The van der Waals surface area contributed by atoms with Gasteiger partial charge in [-0.05, 0) is 19.3 Å². The van der Waals surface area contributed by atoms with Gasteiger partial charge in [-0.3, -0.25) is 9.59 Å². The lowest BCUT2D eigenvalue weighted by molar-refractivity contribution is -0.141. The molecule has 2 amide bonds. The van der Waals surface area contributed by atoms with Gasteiger partial charge in [0, 0.05) is 32.6 Å². The fourth-order valence-corrected chi connectivity index (χ4v) is 3.60. The zero-order chi connectivity index (χ0) is 14.6. The lowest BCUT2D eigenvalue weighted by Gasteiger charge is -2.34. The average molecular weight is 281 g/mol. The minimum Gasteiger partial charge on any atom is -0.352 e. The number of hydrogen-bond acceptors (Lipinski definition) is 3. The van der Waals surface area contributed by atoms with Crippen LogP contribution in [-0.2, 0) is 9.59 Å². The number of nitrogens with two attached hydrogens (primary N) is 1. The van der Waals surface area contributed by atoms with Crippen molar-refractivity contribution >= 4 is 11.8 Å². The molecule has 114 valence electrons. The number of amides is 2. The van der Waals surface area contributed by atoms with Crippen molar-refractivity contribution in [1.82, 2.24) is 10.2 Å². The summed E-state index contributed by atoms with van der Waals surface area (Å²) in [4.78, 5) is 25.9. The van der Waals surface area contributed by atoms with Crippen LogP contribution in [0.5, 0.6) is 0 Å². The number of hydrogen-bond donors (Lipinski definition) is 2. The molecule has 5 heteroatoms. The summed E-state index contributed by atoms with van der Waals surface area (Å²) in [6.45, 7) is 3.36. The Hall–Kier alpha value is -1.10. The van der Waals surface area contributed by atoms with E-state index in [1.165, 1.54) is 19.8 Å². The third-order valence-corrected chi connectivity index (χ3v) is 4.79. The van der Waals surface area contributed by atoms with Gasteiger partial charge < -0.3 is 16.0 Å². The largest absolute Gasteiger partial charge is 0.352 e. The number of rotatable bonds is 3. The van der Waals surface area contributed by atoms with Crippen LogP contribution in [0, 0.1) is 5.41 Å². The standard InChI is InChI=1S/C15H27N3O2/c1-12(19)17-13-6-9-18(10-13)14(20)15(11-16)7-4-2-3-5-8-15/h13H,2-11,16H2,1H3,(H,17,19). The summed E-state index contributed by atoms with van der Waals surface area (Å²) in [6.07, 6.45) is 7.32. The van der Waals surface area contributed by atoms with Gasteiger partial charge in [0.25, 0.3) is 0 Å². The highest BCUT2D eigenvalue weighted by molar-refractivity contribution is 5.83. The molecule has 3 N–H and O–H groups in total. The van der Waals surface area contributed by atoms with Crippen LogP contribution in [0.3, 0.4) is 0 Å². The molecule has 1 atom stereocenters. The molecular formula is C15H27N3O2. The van der Waals surface area contributed by atoms with Gasteiger partial charge in [-0.15, -0.1) is 0 Å². The lowest BCUT2D eigenvalue weighted by atomic mass is 9.79. The van der Waals surface area contributed by atoms with Gasteiger partial charge in [-0.2, -0.15) is 0 Å². The predicted molar refractivity (Wildman–Crippen MR) is 78.0 cm³/mol. The van der Waals surface area contributed by atoms with Gasteiger partial charge in [-0.1, -0.05) is 25.7 Å². The van der Waals surface area contributed by atoms with E-state index >= 15 is 0 Å². The second-order valence-corrected chi connectivity index (χ2v) is 6.34. The van der Waals surface area contributed by atoms with Crippen LogP contribution in [0.2, 0.25) is 0 Å². The van der Waals surface area contributed by atoms with Crippen molar-refractivity contribution in [3.05, 3.63) is 0 Å². The minimum absolute atomic E-state index is 0.0210. The first kappa shape index (κ1) is 15.3. The van der Waals surface area contributed by atoms with Crippen molar-refractivity contribution in [3.63, 3.8) is 0 Å². The fourth-order valence-electron chi connectivity index (χ4n) is 3.60. The third kappa shape index (κ3) is 3.32. The molecule has 1 saturated heterocycles. The fraction of sp³-hybridized carbons (Fsp3) is 0.867. The first-order valence-corrected chi connectivity index (χ1v) is 7.84. The Morgan fingerprint density at radius 1 is 1.25 bits per heavy atom. The molecule has 0 aromatic heterocycles. The summed E-state index contributed by atoms with van der Waals surface area (Å²) in [5, 5.41) is 2.91. The number of nitrogens with zero attached hydrogens (tertiary/aromatic N) is 1. The smallest absolute Gasteiger partial charge is 0.230 e. The van der Waals surface area contributed by atoms with Crippen LogP contribution in [0.25, 0.3) is 0 Å². The first-order valence-electron chi connectivity index (χ1n) is 7.84. The quantitative estimate of drug-likeness (QED) is 0.758. The van der Waals surface area contributed by atoms with E-state index in [0.717, 1.165) is 38.6 Å². The summed E-state index contributed by atoms with van der Waals surface area (Å²) in [5.74, 6) is 0.196.